The molecule has 0 aliphatic carbocycles. The number of anilines is 1. The molecule has 2 amide bonds. The molecular formula is C12H15IN2O3S. The summed E-state index contributed by atoms with van der Waals surface area (Å²) in [5.41, 5.74) is 0.390. The van der Waals surface area contributed by atoms with Crippen LogP contribution in [-0.2, 0) is 0 Å². The number of halogens is 1. The summed E-state index contributed by atoms with van der Waals surface area (Å²) in [6.07, 6.45) is 2.89. The van der Waals surface area contributed by atoms with Crippen molar-refractivity contribution < 1.29 is 14.7 Å². The molecule has 0 unspecified atom stereocenters. The summed E-state index contributed by atoms with van der Waals surface area (Å²) in [6, 6.07) is 4.47. The third-order valence-corrected chi connectivity index (χ3v) is 3.64. The van der Waals surface area contributed by atoms with Gasteiger partial charge in [-0.25, -0.2) is 9.59 Å². The quantitative estimate of drug-likeness (QED) is 0.512. The highest BCUT2D eigenvalue weighted by molar-refractivity contribution is 14.1. The van der Waals surface area contributed by atoms with Crippen molar-refractivity contribution in [1.29, 1.82) is 0 Å². The maximum atomic E-state index is 11.6. The molecule has 0 atom stereocenters. The average Bonchev–Trinajstić information content (AvgIpc) is 2.36. The van der Waals surface area contributed by atoms with Gasteiger partial charge in [0.2, 0.25) is 0 Å². The van der Waals surface area contributed by atoms with Gasteiger partial charge in [0, 0.05) is 10.1 Å². The lowest BCUT2D eigenvalue weighted by Gasteiger charge is -2.10. The fourth-order valence-corrected chi connectivity index (χ4v) is 2.31. The van der Waals surface area contributed by atoms with Crippen LogP contribution in [0.3, 0.4) is 0 Å². The van der Waals surface area contributed by atoms with Crippen LogP contribution in [0.1, 0.15) is 16.8 Å². The van der Waals surface area contributed by atoms with E-state index in [-0.39, 0.29) is 11.6 Å². The van der Waals surface area contributed by atoms with E-state index in [2.05, 4.69) is 10.6 Å². The normalized spacial score (nSPS) is 10.0. The second-order valence-electron chi connectivity index (χ2n) is 3.72. The first-order chi connectivity index (χ1) is 9.04. The molecule has 104 valence electrons. The number of nitrogens with one attached hydrogen (secondary N) is 2. The number of carboxylic acid groups (broad SMARTS) is 1. The van der Waals surface area contributed by atoms with Crippen molar-refractivity contribution in [1.82, 2.24) is 5.32 Å². The number of carboxylic acids is 1. The van der Waals surface area contributed by atoms with Crippen LogP contribution < -0.4 is 10.6 Å². The van der Waals surface area contributed by atoms with Crippen LogP contribution in [0.2, 0.25) is 0 Å². The first-order valence-electron chi connectivity index (χ1n) is 5.61. The van der Waals surface area contributed by atoms with E-state index in [9.17, 15) is 9.59 Å². The van der Waals surface area contributed by atoms with E-state index in [1.165, 1.54) is 6.07 Å². The molecule has 5 nitrogen and oxygen atoms in total. The summed E-state index contributed by atoms with van der Waals surface area (Å²) in [7, 11) is 0. The molecule has 19 heavy (non-hydrogen) atoms. The van der Waals surface area contributed by atoms with Gasteiger partial charge in [0.25, 0.3) is 0 Å². The molecule has 0 bridgehead atoms. The van der Waals surface area contributed by atoms with E-state index in [4.69, 9.17) is 5.11 Å². The molecule has 0 spiro atoms. The van der Waals surface area contributed by atoms with Crippen LogP contribution in [0.5, 0.6) is 0 Å². The zero-order chi connectivity index (χ0) is 14.3. The van der Waals surface area contributed by atoms with Crippen molar-refractivity contribution in [3.05, 3.63) is 27.3 Å². The van der Waals surface area contributed by atoms with E-state index in [0.717, 1.165) is 15.7 Å². The number of urea groups is 1. The van der Waals surface area contributed by atoms with Crippen LogP contribution in [0.25, 0.3) is 0 Å². The van der Waals surface area contributed by atoms with Crippen molar-refractivity contribution in [2.75, 3.05) is 23.9 Å². The smallest absolute Gasteiger partial charge is 0.337 e. The topological polar surface area (TPSA) is 78.4 Å². The molecular weight excluding hydrogens is 379 g/mol. The third kappa shape index (κ3) is 5.68. The van der Waals surface area contributed by atoms with Gasteiger partial charge in [-0.3, -0.25) is 0 Å². The number of carbonyl (C=O) groups is 2. The summed E-state index contributed by atoms with van der Waals surface area (Å²) < 4.78 is 0.806. The molecule has 0 aromatic heterocycles. The highest BCUT2D eigenvalue weighted by Gasteiger charge is 2.12. The largest absolute Gasteiger partial charge is 0.478 e. The van der Waals surface area contributed by atoms with Crippen molar-refractivity contribution in [3.8, 4) is 0 Å². The summed E-state index contributed by atoms with van der Waals surface area (Å²) in [6.45, 7) is 0.569. The molecule has 0 heterocycles. The minimum absolute atomic E-state index is 0.0890. The second-order valence-corrected chi connectivity index (χ2v) is 5.95. The van der Waals surface area contributed by atoms with Crippen molar-refractivity contribution in [2.45, 2.75) is 6.42 Å². The molecule has 3 N–H and O–H groups in total. The van der Waals surface area contributed by atoms with Gasteiger partial charge in [0.05, 0.1) is 11.3 Å². The van der Waals surface area contributed by atoms with Gasteiger partial charge < -0.3 is 15.7 Å². The summed E-state index contributed by atoms with van der Waals surface area (Å²) in [5.74, 6) is -0.0827. The van der Waals surface area contributed by atoms with Gasteiger partial charge in [-0.15, -0.1) is 0 Å². The lowest BCUT2D eigenvalue weighted by Crippen LogP contribution is -2.30. The van der Waals surface area contributed by atoms with Crippen molar-refractivity contribution in [3.63, 3.8) is 0 Å². The Morgan fingerprint density at radius 1 is 1.42 bits per heavy atom. The number of aromatic carboxylic acids is 1. The third-order valence-electron chi connectivity index (χ3n) is 2.27. The number of carbonyl (C=O) groups excluding carboxylic acids is 1. The average molecular weight is 394 g/mol. The zero-order valence-corrected chi connectivity index (χ0v) is 13.4. The Hall–Kier alpha value is -0.960. The van der Waals surface area contributed by atoms with Crippen LogP contribution in [-0.4, -0.2) is 35.7 Å². The first-order valence-corrected chi connectivity index (χ1v) is 8.08. The molecule has 0 radical (unpaired) electrons. The summed E-state index contributed by atoms with van der Waals surface area (Å²) >= 11 is 3.74. The molecule has 0 saturated carbocycles. The first kappa shape index (κ1) is 16.1. The Morgan fingerprint density at radius 2 is 2.16 bits per heavy atom. The second kappa shape index (κ2) is 8.26. The zero-order valence-electron chi connectivity index (χ0n) is 10.4. The van der Waals surface area contributed by atoms with Gasteiger partial charge >= 0.3 is 12.0 Å². The lowest BCUT2D eigenvalue weighted by molar-refractivity contribution is 0.0698. The number of hydrogen-bond donors (Lipinski definition) is 3. The molecule has 0 saturated heterocycles. The fourth-order valence-electron chi connectivity index (χ4n) is 1.39. The SMILES string of the molecule is CSCCCNC(=O)Nc1ccc(I)cc1C(=O)O. The van der Waals surface area contributed by atoms with Crippen molar-refractivity contribution in [2.24, 2.45) is 0 Å². The number of thioether (sulfide) groups is 1. The van der Waals surface area contributed by atoms with Crippen LogP contribution in [0.4, 0.5) is 10.5 Å². The summed E-state index contributed by atoms with van der Waals surface area (Å²) in [5, 5.41) is 14.3. The highest BCUT2D eigenvalue weighted by Crippen LogP contribution is 2.18. The maximum absolute atomic E-state index is 11.6. The predicted octanol–water partition coefficient (Wildman–Crippen LogP) is 2.86. The molecule has 1 rings (SSSR count). The van der Waals surface area contributed by atoms with Crippen LogP contribution >= 0.6 is 34.4 Å². The van der Waals surface area contributed by atoms with Crippen LogP contribution in [0.15, 0.2) is 18.2 Å². The van der Waals surface area contributed by atoms with E-state index in [0.29, 0.717) is 12.2 Å². The minimum Gasteiger partial charge on any atom is -0.478 e. The molecule has 1 aromatic carbocycles. The van der Waals surface area contributed by atoms with Crippen LogP contribution in [0, 0.1) is 3.57 Å². The predicted molar refractivity (Wildman–Crippen MR) is 86.1 cm³/mol. The van der Waals surface area contributed by atoms with Gasteiger partial charge in [-0.1, -0.05) is 0 Å². The van der Waals surface area contributed by atoms with Gasteiger partial charge in [-0.2, -0.15) is 11.8 Å². The Kier molecular flexibility index (Phi) is 7.00. The summed E-state index contributed by atoms with van der Waals surface area (Å²) in [4.78, 5) is 22.7. The van der Waals surface area contributed by atoms with E-state index in [1.54, 1.807) is 23.9 Å². The molecule has 0 fully saturated rings. The number of rotatable bonds is 6. The van der Waals surface area contributed by atoms with E-state index < -0.39 is 5.97 Å². The lowest BCUT2D eigenvalue weighted by atomic mass is 10.2. The number of benzene rings is 1. The highest BCUT2D eigenvalue weighted by atomic mass is 127. The Balaban J connectivity index is 2.61. The number of amides is 2. The van der Waals surface area contributed by atoms with Gasteiger partial charge in [0.1, 0.15) is 0 Å². The Labute approximate surface area is 129 Å². The van der Waals surface area contributed by atoms with E-state index in [1.807, 2.05) is 28.8 Å². The van der Waals surface area contributed by atoms with Gasteiger partial charge in [0.15, 0.2) is 0 Å². The fraction of sp³-hybridized carbons (Fsp3) is 0.333. The molecule has 1 aromatic rings. The standard InChI is InChI=1S/C12H15IN2O3S/c1-19-6-2-5-14-12(18)15-10-4-3-8(13)7-9(10)11(16)17/h3-4,7H,2,5-6H2,1H3,(H,16,17)(H2,14,15,18). The molecule has 0 aliphatic heterocycles. The maximum Gasteiger partial charge on any atom is 0.337 e. The van der Waals surface area contributed by atoms with Gasteiger partial charge in [-0.05, 0) is 59.2 Å². The van der Waals surface area contributed by atoms with Crippen molar-refractivity contribution >= 4 is 52.0 Å². The Morgan fingerprint density at radius 3 is 2.79 bits per heavy atom. The molecule has 0 aliphatic rings. The Bertz CT molecular complexity index is 468. The van der Waals surface area contributed by atoms with E-state index >= 15 is 0 Å². The minimum atomic E-state index is -1.06. The monoisotopic (exact) mass is 394 g/mol. The molecule has 7 heteroatoms. The number of hydrogen-bond acceptors (Lipinski definition) is 3.